The Balaban J connectivity index is 1.90. The largest absolute Gasteiger partial charge is 0.465 e. The molecule has 0 atom stereocenters. The van der Waals surface area contributed by atoms with E-state index in [1.54, 1.807) is 17.3 Å². The molecule has 1 aromatic heterocycles. The van der Waals surface area contributed by atoms with Crippen molar-refractivity contribution in [3.63, 3.8) is 0 Å². The van der Waals surface area contributed by atoms with E-state index in [1.807, 2.05) is 56.6 Å². The van der Waals surface area contributed by atoms with E-state index >= 15 is 0 Å². The number of aromatic nitrogens is 2. The van der Waals surface area contributed by atoms with Crippen molar-refractivity contribution >= 4 is 18.3 Å². The maximum atomic E-state index is 12.8. The Morgan fingerprint density at radius 3 is 2.53 bits per heavy atom. The summed E-state index contributed by atoms with van der Waals surface area (Å²) < 4.78 is 4.89. The second-order valence-corrected chi connectivity index (χ2v) is 7.68. The van der Waals surface area contributed by atoms with E-state index < -0.39 is 0 Å². The van der Waals surface area contributed by atoms with E-state index in [0.717, 1.165) is 28.8 Å². The summed E-state index contributed by atoms with van der Waals surface area (Å²) in [4.78, 5) is 38.2. The van der Waals surface area contributed by atoms with Crippen molar-refractivity contribution in [3.05, 3.63) is 81.3 Å². The maximum Gasteiger partial charge on any atom is 0.338 e. The summed E-state index contributed by atoms with van der Waals surface area (Å²) in [5.41, 5.74) is 4.46. The lowest BCUT2D eigenvalue weighted by atomic mass is 9.96. The molecule has 3 rings (SSSR count). The number of aromatic amines is 1. The van der Waals surface area contributed by atoms with Gasteiger partial charge in [0.1, 0.15) is 0 Å². The Kier molecular flexibility index (Phi) is 7.54. The van der Waals surface area contributed by atoms with E-state index in [4.69, 9.17) is 4.74 Å². The maximum absolute atomic E-state index is 12.8. The summed E-state index contributed by atoms with van der Waals surface area (Å²) >= 11 is 0. The van der Waals surface area contributed by atoms with Crippen LogP contribution in [0.1, 0.15) is 40.5 Å². The van der Waals surface area contributed by atoms with Crippen molar-refractivity contribution in [2.45, 2.75) is 26.2 Å². The van der Waals surface area contributed by atoms with Gasteiger partial charge in [0, 0.05) is 26.1 Å². The minimum absolute atomic E-state index is 0.172. The third-order valence-electron chi connectivity index (χ3n) is 4.96. The first-order valence-electron chi connectivity index (χ1n) is 10.5. The molecule has 7 heteroatoms. The van der Waals surface area contributed by atoms with E-state index in [2.05, 4.69) is 21.9 Å². The highest BCUT2D eigenvalue weighted by atomic mass is 16.5. The standard InChI is InChI=1S/C25H28N4O3/c1-5-8-22-21(23(30)28-25(27-22)26-16-29(2)3)15-17-11-13-18(14-12-17)19-9-6-7-10-20(19)24(31)32-4/h6-7,9-14,16H,5,8,15H2,1-4H3,(H,27,28,30)/b26-16+. The molecule has 1 N–H and O–H groups in total. The number of nitrogens with zero attached hydrogens (tertiary/aromatic N) is 3. The lowest BCUT2D eigenvalue weighted by Crippen LogP contribution is -2.18. The zero-order valence-electron chi connectivity index (χ0n) is 18.9. The summed E-state index contributed by atoms with van der Waals surface area (Å²) in [6.07, 6.45) is 3.66. The zero-order chi connectivity index (χ0) is 23.1. The minimum atomic E-state index is -0.372. The predicted molar refractivity (Wildman–Crippen MR) is 127 cm³/mol. The number of hydrogen-bond donors (Lipinski definition) is 1. The summed E-state index contributed by atoms with van der Waals surface area (Å²) in [6, 6.07) is 15.2. The second kappa shape index (κ2) is 10.5. The molecule has 32 heavy (non-hydrogen) atoms. The number of aryl methyl sites for hydroxylation is 1. The van der Waals surface area contributed by atoms with Crippen LogP contribution in [0.2, 0.25) is 0 Å². The van der Waals surface area contributed by atoms with Crippen LogP contribution >= 0.6 is 0 Å². The van der Waals surface area contributed by atoms with Crippen LogP contribution in [0, 0.1) is 0 Å². The average molecular weight is 433 g/mol. The number of carbonyl (C=O) groups excluding carboxylic acids is 1. The number of esters is 1. The van der Waals surface area contributed by atoms with Crippen LogP contribution in [-0.4, -0.2) is 48.4 Å². The molecule has 2 aromatic carbocycles. The highest BCUT2D eigenvalue weighted by Crippen LogP contribution is 2.25. The van der Waals surface area contributed by atoms with E-state index in [-0.39, 0.29) is 11.5 Å². The number of carbonyl (C=O) groups is 1. The van der Waals surface area contributed by atoms with Gasteiger partial charge in [0.25, 0.3) is 5.56 Å². The Labute approximate surface area is 187 Å². The van der Waals surface area contributed by atoms with Crippen molar-refractivity contribution in [3.8, 4) is 11.1 Å². The molecule has 0 fully saturated rings. The molecule has 0 unspecified atom stereocenters. The molecular formula is C25H28N4O3. The quantitative estimate of drug-likeness (QED) is 0.330. The van der Waals surface area contributed by atoms with Gasteiger partial charge < -0.3 is 9.64 Å². The Hall–Kier alpha value is -3.74. The highest BCUT2D eigenvalue weighted by Gasteiger charge is 2.14. The summed E-state index contributed by atoms with van der Waals surface area (Å²) in [5.74, 6) is -0.0610. The van der Waals surface area contributed by atoms with Gasteiger partial charge in [-0.05, 0) is 29.2 Å². The summed E-state index contributed by atoms with van der Waals surface area (Å²) in [6.45, 7) is 2.06. The van der Waals surface area contributed by atoms with Crippen molar-refractivity contribution in [2.75, 3.05) is 21.2 Å². The zero-order valence-corrected chi connectivity index (χ0v) is 18.9. The number of nitrogens with one attached hydrogen (secondary N) is 1. The molecule has 1 heterocycles. The minimum Gasteiger partial charge on any atom is -0.465 e. The fourth-order valence-corrected chi connectivity index (χ4v) is 3.42. The Bertz CT molecular complexity index is 1160. The molecule has 0 aliphatic rings. The molecule has 0 bridgehead atoms. The highest BCUT2D eigenvalue weighted by molar-refractivity contribution is 5.97. The van der Waals surface area contributed by atoms with Crippen molar-refractivity contribution in [1.29, 1.82) is 0 Å². The molecule has 0 radical (unpaired) electrons. The van der Waals surface area contributed by atoms with Crippen LogP contribution in [0.15, 0.2) is 58.3 Å². The SMILES string of the molecule is CCCc1nc(/N=C/N(C)C)[nH]c(=O)c1Cc1ccc(-c2ccccc2C(=O)OC)cc1. The Morgan fingerprint density at radius 2 is 1.88 bits per heavy atom. The molecule has 0 spiro atoms. The third kappa shape index (κ3) is 5.49. The Morgan fingerprint density at radius 1 is 1.16 bits per heavy atom. The van der Waals surface area contributed by atoms with Crippen LogP contribution in [-0.2, 0) is 17.6 Å². The number of methoxy groups -OCH3 is 1. The molecule has 0 saturated carbocycles. The molecule has 0 saturated heterocycles. The first-order valence-corrected chi connectivity index (χ1v) is 10.5. The molecule has 166 valence electrons. The van der Waals surface area contributed by atoms with Gasteiger partial charge in [0.2, 0.25) is 5.95 Å². The van der Waals surface area contributed by atoms with Gasteiger partial charge in [0.05, 0.1) is 24.7 Å². The van der Waals surface area contributed by atoms with E-state index in [9.17, 15) is 9.59 Å². The second-order valence-electron chi connectivity index (χ2n) is 7.68. The van der Waals surface area contributed by atoms with Gasteiger partial charge in [0.15, 0.2) is 0 Å². The third-order valence-corrected chi connectivity index (χ3v) is 4.96. The topological polar surface area (TPSA) is 87.7 Å². The summed E-state index contributed by atoms with van der Waals surface area (Å²) in [5, 5.41) is 0. The van der Waals surface area contributed by atoms with Crippen LogP contribution in [0.3, 0.4) is 0 Å². The summed E-state index contributed by atoms with van der Waals surface area (Å²) in [7, 11) is 5.09. The van der Waals surface area contributed by atoms with Crippen molar-refractivity contribution < 1.29 is 9.53 Å². The van der Waals surface area contributed by atoms with Crippen molar-refractivity contribution in [1.82, 2.24) is 14.9 Å². The molecule has 3 aromatic rings. The van der Waals surface area contributed by atoms with Gasteiger partial charge in [-0.3, -0.25) is 9.78 Å². The number of H-pyrrole nitrogens is 1. The van der Waals surface area contributed by atoms with Gasteiger partial charge in [-0.2, -0.15) is 0 Å². The molecule has 7 nitrogen and oxygen atoms in total. The monoisotopic (exact) mass is 432 g/mol. The van der Waals surface area contributed by atoms with Gasteiger partial charge in [-0.25, -0.2) is 14.8 Å². The molecule has 0 aliphatic heterocycles. The van der Waals surface area contributed by atoms with Crippen LogP contribution in [0.5, 0.6) is 0 Å². The predicted octanol–water partition coefficient (Wildman–Crippen LogP) is 3.99. The van der Waals surface area contributed by atoms with Gasteiger partial charge in [-0.1, -0.05) is 55.8 Å². The van der Waals surface area contributed by atoms with Crippen molar-refractivity contribution in [2.24, 2.45) is 4.99 Å². The van der Waals surface area contributed by atoms with Crippen LogP contribution in [0.4, 0.5) is 5.95 Å². The average Bonchev–Trinajstić information content (AvgIpc) is 2.80. The lowest BCUT2D eigenvalue weighted by molar-refractivity contribution is 0.0601. The first kappa shape index (κ1) is 22.9. The number of hydrogen-bond acceptors (Lipinski definition) is 5. The number of benzene rings is 2. The fraction of sp³-hybridized carbons (Fsp3) is 0.280. The van der Waals surface area contributed by atoms with E-state index in [0.29, 0.717) is 29.9 Å². The van der Waals surface area contributed by atoms with Crippen LogP contribution < -0.4 is 5.56 Å². The van der Waals surface area contributed by atoms with E-state index in [1.165, 1.54) is 7.11 Å². The smallest absolute Gasteiger partial charge is 0.338 e. The van der Waals surface area contributed by atoms with Gasteiger partial charge in [-0.15, -0.1) is 0 Å². The number of ether oxygens (including phenoxy) is 1. The molecule has 0 amide bonds. The van der Waals surface area contributed by atoms with Crippen LogP contribution in [0.25, 0.3) is 11.1 Å². The molecular weight excluding hydrogens is 404 g/mol. The molecule has 0 aliphatic carbocycles. The van der Waals surface area contributed by atoms with Gasteiger partial charge >= 0.3 is 5.97 Å². The number of aliphatic imine (C=N–C) groups is 1. The number of rotatable bonds is 8. The fourth-order valence-electron chi connectivity index (χ4n) is 3.42. The first-order chi connectivity index (χ1) is 15.4. The normalized spacial score (nSPS) is 11.0. The lowest BCUT2D eigenvalue weighted by Gasteiger charge is -2.11.